The zero-order chi connectivity index (χ0) is 24.1. The van der Waals surface area contributed by atoms with Gasteiger partial charge in [0.2, 0.25) is 11.8 Å². The lowest BCUT2D eigenvalue weighted by Crippen LogP contribution is -2.18. The van der Waals surface area contributed by atoms with Crippen LogP contribution in [0.4, 0.5) is 0 Å². The van der Waals surface area contributed by atoms with E-state index in [2.05, 4.69) is 21.1 Å². The number of carbonyl (C=O) groups is 2. The number of carbonyl (C=O) groups excluding carboxylic acids is 2. The van der Waals surface area contributed by atoms with Crippen LogP contribution in [0.3, 0.4) is 0 Å². The number of aromatic hydroxyl groups is 2. The number of hydrazone groups is 2. The normalized spacial score (nSPS) is 11.0. The highest BCUT2D eigenvalue weighted by atomic mass is 16.5. The number of benzene rings is 2. The number of phenols is 2. The quantitative estimate of drug-likeness (QED) is 0.220. The van der Waals surface area contributed by atoms with Gasteiger partial charge in [-0.25, -0.2) is 10.9 Å². The largest absolute Gasteiger partial charge is 0.504 e. The lowest BCUT2D eigenvalue weighted by molar-refractivity contribution is -0.121. The van der Waals surface area contributed by atoms with Gasteiger partial charge in [-0.2, -0.15) is 10.2 Å². The van der Waals surface area contributed by atoms with E-state index < -0.39 is 0 Å². The summed E-state index contributed by atoms with van der Waals surface area (Å²) in [5.41, 5.74) is 6.22. The number of unbranched alkanes of at least 4 members (excludes halogenated alkanes) is 2. The van der Waals surface area contributed by atoms with E-state index in [1.807, 2.05) is 0 Å². The summed E-state index contributed by atoms with van der Waals surface area (Å²) in [5.74, 6) is 0.237. The van der Waals surface area contributed by atoms with Gasteiger partial charge in [-0.1, -0.05) is 6.42 Å². The van der Waals surface area contributed by atoms with Crippen molar-refractivity contribution in [3.8, 4) is 23.0 Å². The van der Waals surface area contributed by atoms with Crippen LogP contribution in [0.2, 0.25) is 0 Å². The predicted octanol–water partition coefficient (Wildman–Crippen LogP) is 2.67. The molecule has 0 aliphatic carbocycles. The minimum absolute atomic E-state index is 0.0252. The minimum atomic E-state index is -0.227. The lowest BCUT2D eigenvalue weighted by atomic mass is 10.1. The summed E-state index contributed by atoms with van der Waals surface area (Å²) in [6, 6.07) is 9.44. The van der Waals surface area contributed by atoms with Crippen LogP contribution in [-0.4, -0.2) is 48.7 Å². The first-order valence-corrected chi connectivity index (χ1v) is 10.3. The van der Waals surface area contributed by atoms with Crippen LogP contribution in [0.25, 0.3) is 0 Å². The van der Waals surface area contributed by atoms with Crippen molar-refractivity contribution in [2.45, 2.75) is 32.1 Å². The van der Waals surface area contributed by atoms with Crippen molar-refractivity contribution in [2.24, 2.45) is 10.2 Å². The third-order valence-electron chi connectivity index (χ3n) is 4.52. The molecule has 0 heterocycles. The van der Waals surface area contributed by atoms with E-state index in [0.29, 0.717) is 54.7 Å². The second-order valence-corrected chi connectivity index (χ2v) is 7.01. The molecule has 2 aromatic carbocycles. The standard InChI is InChI=1S/C23H28N4O6/c1-32-20-12-16(8-10-18(20)28)14-24-26-22(30)6-4-3-5-7-23(31)27-25-15-17-9-11-19(29)21(13-17)33-2/h8-15,28-29H,3-7H2,1-2H3,(H,26,30)(H,27,31)/b24-14+,25-15+. The first kappa shape index (κ1) is 25.2. The number of rotatable bonds is 12. The van der Waals surface area contributed by atoms with Crippen LogP contribution < -0.4 is 20.3 Å². The molecule has 0 spiro atoms. The van der Waals surface area contributed by atoms with Gasteiger partial charge in [0, 0.05) is 12.8 Å². The van der Waals surface area contributed by atoms with Crippen molar-refractivity contribution in [1.82, 2.24) is 10.9 Å². The van der Waals surface area contributed by atoms with E-state index in [1.165, 1.54) is 38.8 Å². The molecule has 4 N–H and O–H groups in total. The Labute approximate surface area is 191 Å². The second-order valence-electron chi connectivity index (χ2n) is 7.01. The Morgan fingerprint density at radius 3 is 1.61 bits per heavy atom. The summed E-state index contributed by atoms with van der Waals surface area (Å²) in [6.45, 7) is 0. The zero-order valence-corrected chi connectivity index (χ0v) is 18.6. The maximum atomic E-state index is 11.8. The molecule has 0 aromatic heterocycles. The van der Waals surface area contributed by atoms with Crippen molar-refractivity contribution in [2.75, 3.05) is 14.2 Å². The van der Waals surface area contributed by atoms with Crippen molar-refractivity contribution >= 4 is 24.2 Å². The van der Waals surface area contributed by atoms with Crippen molar-refractivity contribution in [1.29, 1.82) is 0 Å². The van der Waals surface area contributed by atoms with Gasteiger partial charge < -0.3 is 19.7 Å². The number of methoxy groups -OCH3 is 2. The summed E-state index contributed by atoms with van der Waals surface area (Å²) in [6.07, 6.45) is 5.45. The van der Waals surface area contributed by atoms with Crippen LogP contribution in [-0.2, 0) is 9.59 Å². The average Bonchev–Trinajstić information content (AvgIpc) is 2.81. The number of nitrogens with zero attached hydrogens (tertiary/aromatic N) is 2. The first-order valence-electron chi connectivity index (χ1n) is 10.3. The Balaban J connectivity index is 1.60. The van der Waals surface area contributed by atoms with E-state index >= 15 is 0 Å². The van der Waals surface area contributed by atoms with Gasteiger partial charge in [-0.3, -0.25) is 9.59 Å². The Hall–Kier alpha value is -4.08. The number of hydrogen-bond acceptors (Lipinski definition) is 8. The van der Waals surface area contributed by atoms with Crippen molar-refractivity contribution < 1.29 is 29.3 Å². The van der Waals surface area contributed by atoms with Crippen molar-refractivity contribution in [3.63, 3.8) is 0 Å². The summed E-state index contributed by atoms with van der Waals surface area (Å²) >= 11 is 0. The van der Waals surface area contributed by atoms with E-state index in [4.69, 9.17) is 9.47 Å². The molecule has 2 amide bonds. The highest BCUT2D eigenvalue weighted by molar-refractivity contribution is 5.84. The van der Waals surface area contributed by atoms with Crippen LogP contribution >= 0.6 is 0 Å². The van der Waals surface area contributed by atoms with Crippen LogP contribution in [0, 0.1) is 0 Å². The molecular weight excluding hydrogens is 428 g/mol. The number of phenolic OH excluding ortho intramolecular Hbond substituents is 2. The van der Waals surface area contributed by atoms with Gasteiger partial charge in [0.25, 0.3) is 0 Å². The van der Waals surface area contributed by atoms with Crippen LogP contribution in [0.5, 0.6) is 23.0 Å². The Bertz CT molecular complexity index is 927. The molecule has 33 heavy (non-hydrogen) atoms. The number of amides is 2. The minimum Gasteiger partial charge on any atom is -0.504 e. The molecule has 2 aromatic rings. The Morgan fingerprint density at radius 1 is 0.788 bits per heavy atom. The molecule has 2 rings (SSSR count). The molecule has 10 nitrogen and oxygen atoms in total. The molecule has 0 atom stereocenters. The zero-order valence-electron chi connectivity index (χ0n) is 18.6. The smallest absolute Gasteiger partial charge is 0.240 e. The highest BCUT2D eigenvalue weighted by Crippen LogP contribution is 2.26. The third kappa shape index (κ3) is 8.90. The van der Waals surface area contributed by atoms with Crippen LogP contribution in [0.1, 0.15) is 43.2 Å². The topological polar surface area (TPSA) is 142 Å². The molecule has 0 bridgehead atoms. The number of hydrogen-bond donors (Lipinski definition) is 4. The van der Waals surface area contributed by atoms with Gasteiger partial charge in [-0.05, 0) is 60.4 Å². The Kier molecular flexibility index (Phi) is 10.2. The molecule has 10 heteroatoms. The Morgan fingerprint density at radius 2 is 1.21 bits per heavy atom. The molecule has 0 saturated carbocycles. The summed E-state index contributed by atoms with van der Waals surface area (Å²) in [5, 5.41) is 26.9. The van der Waals surface area contributed by atoms with Gasteiger partial charge in [0.15, 0.2) is 23.0 Å². The first-order chi connectivity index (χ1) is 15.9. The highest BCUT2D eigenvalue weighted by Gasteiger charge is 2.04. The molecule has 0 unspecified atom stereocenters. The molecule has 0 aliphatic rings. The van der Waals surface area contributed by atoms with Gasteiger partial charge in [0.1, 0.15) is 0 Å². The third-order valence-corrected chi connectivity index (χ3v) is 4.52. The van der Waals surface area contributed by atoms with Gasteiger partial charge in [-0.15, -0.1) is 0 Å². The molecule has 0 saturated heterocycles. The van der Waals surface area contributed by atoms with E-state index in [9.17, 15) is 19.8 Å². The predicted molar refractivity (Wildman–Crippen MR) is 124 cm³/mol. The van der Waals surface area contributed by atoms with Crippen molar-refractivity contribution in [3.05, 3.63) is 47.5 Å². The maximum Gasteiger partial charge on any atom is 0.240 e. The number of ether oxygens (including phenoxy) is 2. The SMILES string of the molecule is COc1cc(/C=N/NC(=O)CCCCCC(=O)N/N=C/c2ccc(O)c(OC)c2)ccc1O. The monoisotopic (exact) mass is 456 g/mol. The molecule has 0 radical (unpaired) electrons. The summed E-state index contributed by atoms with van der Waals surface area (Å²) in [7, 11) is 2.90. The fraction of sp³-hybridized carbons (Fsp3) is 0.304. The average molecular weight is 456 g/mol. The summed E-state index contributed by atoms with van der Waals surface area (Å²) in [4.78, 5) is 23.7. The van der Waals surface area contributed by atoms with E-state index in [1.54, 1.807) is 24.3 Å². The number of nitrogens with one attached hydrogen (secondary N) is 2. The van der Waals surface area contributed by atoms with Crippen LogP contribution in [0.15, 0.2) is 46.6 Å². The molecule has 0 aliphatic heterocycles. The molecule has 0 fully saturated rings. The molecular formula is C23H28N4O6. The maximum absolute atomic E-state index is 11.8. The second kappa shape index (κ2) is 13.4. The molecule has 176 valence electrons. The fourth-order valence-corrected chi connectivity index (χ4v) is 2.77. The lowest BCUT2D eigenvalue weighted by Gasteiger charge is -2.04. The van der Waals surface area contributed by atoms with E-state index in [-0.39, 0.29) is 23.3 Å². The summed E-state index contributed by atoms with van der Waals surface area (Å²) < 4.78 is 10.0. The van der Waals surface area contributed by atoms with Gasteiger partial charge in [0.05, 0.1) is 26.6 Å². The van der Waals surface area contributed by atoms with E-state index in [0.717, 1.165) is 0 Å². The van der Waals surface area contributed by atoms with Gasteiger partial charge >= 0.3 is 0 Å². The fourth-order valence-electron chi connectivity index (χ4n) is 2.77.